The number of amides is 1. The quantitative estimate of drug-likeness (QED) is 0.436. The number of piperidine rings is 1. The summed E-state index contributed by atoms with van der Waals surface area (Å²) in [5, 5.41) is 4.49. The van der Waals surface area contributed by atoms with Crippen LogP contribution in [-0.2, 0) is 17.1 Å². The second-order valence-electron chi connectivity index (χ2n) is 7.22. The second kappa shape index (κ2) is 11.6. The van der Waals surface area contributed by atoms with Crippen LogP contribution >= 0.6 is 50.9 Å². The van der Waals surface area contributed by atoms with Gasteiger partial charge in [0, 0.05) is 45.0 Å². The molecule has 0 aliphatic carbocycles. The molecule has 0 aromatic heterocycles. The Morgan fingerprint density at radius 3 is 2.41 bits per heavy atom. The summed E-state index contributed by atoms with van der Waals surface area (Å²) in [4.78, 5) is 14.9. The predicted molar refractivity (Wildman–Crippen MR) is 128 cm³/mol. The molecule has 2 aromatic carbocycles. The summed E-state index contributed by atoms with van der Waals surface area (Å²) in [5.74, 6) is 1.90. The van der Waals surface area contributed by atoms with E-state index < -0.39 is 0 Å². The first kappa shape index (κ1) is 23.0. The first-order chi connectivity index (χ1) is 14.0. The number of rotatable bonds is 8. The van der Waals surface area contributed by atoms with Gasteiger partial charge in [-0.25, -0.2) is 0 Å². The van der Waals surface area contributed by atoms with Crippen LogP contribution in [0.15, 0.2) is 46.9 Å². The SMILES string of the molecule is O=C(NCCSCc1c(Cl)cccc1Cl)C1CCN(Cc2ccc(Br)cc2)CC1. The second-order valence-corrected chi connectivity index (χ2v) is 10.1. The molecule has 1 aliphatic heterocycles. The molecule has 1 N–H and O–H groups in total. The van der Waals surface area contributed by atoms with Gasteiger partial charge >= 0.3 is 0 Å². The Bertz CT molecular complexity index is 791. The van der Waals surface area contributed by atoms with Crippen molar-refractivity contribution in [1.82, 2.24) is 10.2 Å². The van der Waals surface area contributed by atoms with Crippen LogP contribution in [0.3, 0.4) is 0 Å². The number of carbonyl (C=O) groups is 1. The topological polar surface area (TPSA) is 32.3 Å². The fourth-order valence-corrected chi connectivity index (χ4v) is 5.30. The number of hydrogen-bond donors (Lipinski definition) is 1. The number of hydrogen-bond acceptors (Lipinski definition) is 3. The van der Waals surface area contributed by atoms with Crippen molar-refractivity contribution >= 4 is 56.8 Å². The molecule has 1 amide bonds. The summed E-state index contributed by atoms with van der Waals surface area (Å²) in [5.41, 5.74) is 2.28. The van der Waals surface area contributed by atoms with Gasteiger partial charge < -0.3 is 5.32 Å². The molecule has 0 spiro atoms. The average molecular weight is 516 g/mol. The maximum atomic E-state index is 12.5. The Kier molecular flexibility index (Phi) is 9.19. The van der Waals surface area contributed by atoms with E-state index >= 15 is 0 Å². The molecular weight excluding hydrogens is 491 g/mol. The van der Waals surface area contributed by atoms with Gasteiger partial charge in [-0.15, -0.1) is 0 Å². The third-order valence-corrected chi connectivity index (χ3v) is 7.35. The number of halogens is 3. The van der Waals surface area contributed by atoms with Gasteiger partial charge in [-0.2, -0.15) is 11.8 Å². The van der Waals surface area contributed by atoms with Crippen LogP contribution < -0.4 is 5.32 Å². The van der Waals surface area contributed by atoms with Crippen LogP contribution in [0.1, 0.15) is 24.0 Å². The predicted octanol–water partition coefficient (Wildman–Crippen LogP) is 6.02. The van der Waals surface area contributed by atoms with Crippen LogP contribution in [-0.4, -0.2) is 36.2 Å². The maximum absolute atomic E-state index is 12.5. The van der Waals surface area contributed by atoms with Crippen molar-refractivity contribution in [3.05, 3.63) is 68.1 Å². The summed E-state index contributed by atoms with van der Waals surface area (Å²) in [6.07, 6.45) is 1.84. The third kappa shape index (κ3) is 7.18. The highest BCUT2D eigenvalue weighted by molar-refractivity contribution is 9.10. The Balaban J connectivity index is 1.32. The lowest BCUT2D eigenvalue weighted by molar-refractivity contribution is -0.126. The molecule has 0 unspecified atom stereocenters. The molecule has 1 fully saturated rings. The molecule has 1 heterocycles. The van der Waals surface area contributed by atoms with Gasteiger partial charge in [-0.1, -0.05) is 57.3 Å². The van der Waals surface area contributed by atoms with Gasteiger partial charge in [0.1, 0.15) is 0 Å². The molecule has 7 heteroatoms. The molecule has 0 saturated carbocycles. The smallest absolute Gasteiger partial charge is 0.223 e. The molecule has 3 rings (SSSR count). The van der Waals surface area contributed by atoms with Crippen LogP contribution in [0, 0.1) is 5.92 Å². The minimum Gasteiger partial charge on any atom is -0.355 e. The third-order valence-electron chi connectivity index (χ3n) is 5.13. The number of carbonyl (C=O) groups excluding carboxylic acids is 1. The molecule has 0 bridgehead atoms. The van der Waals surface area contributed by atoms with Crippen molar-refractivity contribution < 1.29 is 4.79 Å². The molecule has 29 heavy (non-hydrogen) atoms. The minimum atomic E-state index is 0.124. The number of nitrogens with zero attached hydrogens (tertiary/aromatic N) is 1. The van der Waals surface area contributed by atoms with Gasteiger partial charge in [0.25, 0.3) is 0 Å². The first-order valence-electron chi connectivity index (χ1n) is 9.78. The van der Waals surface area contributed by atoms with E-state index in [4.69, 9.17) is 23.2 Å². The Hall–Kier alpha value is -0.720. The van der Waals surface area contributed by atoms with E-state index in [2.05, 4.69) is 50.4 Å². The van der Waals surface area contributed by atoms with Crippen LogP contribution in [0.25, 0.3) is 0 Å². The minimum absolute atomic E-state index is 0.124. The zero-order valence-corrected chi connectivity index (χ0v) is 20.1. The first-order valence-corrected chi connectivity index (χ1v) is 12.5. The summed E-state index contributed by atoms with van der Waals surface area (Å²) in [6.45, 7) is 3.55. The fourth-order valence-electron chi connectivity index (χ4n) is 3.44. The normalized spacial score (nSPS) is 15.4. The van der Waals surface area contributed by atoms with Crippen molar-refractivity contribution in [3.63, 3.8) is 0 Å². The van der Waals surface area contributed by atoms with E-state index in [0.717, 1.165) is 54.0 Å². The lowest BCUT2D eigenvalue weighted by atomic mass is 9.95. The zero-order chi connectivity index (χ0) is 20.6. The van der Waals surface area contributed by atoms with E-state index in [1.807, 2.05) is 18.2 Å². The monoisotopic (exact) mass is 514 g/mol. The molecular formula is C22H25BrCl2N2OS. The molecule has 1 saturated heterocycles. The number of thioether (sulfide) groups is 1. The van der Waals surface area contributed by atoms with E-state index in [1.165, 1.54) is 5.56 Å². The highest BCUT2D eigenvalue weighted by Gasteiger charge is 2.24. The maximum Gasteiger partial charge on any atom is 0.223 e. The molecule has 2 aromatic rings. The average Bonchev–Trinajstić information content (AvgIpc) is 2.72. The van der Waals surface area contributed by atoms with Crippen molar-refractivity contribution in [2.24, 2.45) is 5.92 Å². The highest BCUT2D eigenvalue weighted by Crippen LogP contribution is 2.28. The summed E-state index contributed by atoms with van der Waals surface area (Å²) < 4.78 is 1.10. The van der Waals surface area contributed by atoms with Crippen molar-refractivity contribution in [1.29, 1.82) is 0 Å². The highest BCUT2D eigenvalue weighted by atomic mass is 79.9. The lowest BCUT2D eigenvalue weighted by Crippen LogP contribution is -2.40. The molecule has 156 valence electrons. The van der Waals surface area contributed by atoms with Gasteiger partial charge in [0.05, 0.1) is 0 Å². The van der Waals surface area contributed by atoms with E-state index in [0.29, 0.717) is 16.6 Å². The van der Waals surface area contributed by atoms with Gasteiger partial charge in [-0.05, 0) is 61.3 Å². The molecule has 1 aliphatic rings. The Morgan fingerprint density at radius 1 is 1.10 bits per heavy atom. The Labute approximate surface area is 195 Å². The number of nitrogens with one attached hydrogen (secondary N) is 1. The van der Waals surface area contributed by atoms with Crippen molar-refractivity contribution in [3.8, 4) is 0 Å². The largest absolute Gasteiger partial charge is 0.355 e. The van der Waals surface area contributed by atoms with E-state index in [9.17, 15) is 4.79 Å². The van der Waals surface area contributed by atoms with Gasteiger partial charge in [0.2, 0.25) is 5.91 Å². The fraction of sp³-hybridized carbons (Fsp3) is 0.409. The van der Waals surface area contributed by atoms with Gasteiger partial charge in [0.15, 0.2) is 0 Å². The molecule has 0 atom stereocenters. The Morgan fingerprint density at radius 2 is 1.76 bits per heavy atom. The van der Waals surface area contributed by atoms with Crippen molar-refractivity contribution in [2.45, 2.75) is 25.1 Å². The van der Waals surface area contributed by atoms with E-state index in [-0.39, 0.29) is 11.8 Å². The summed E-state index contributed by atoms with van der Waals surface area (Å²) >= 11 is 17.6. The van der Waals surface area contributed by atoms with Crippen LogP contribution in [0.2, 0.25) is 10.0 Å². The molecule has 3 nitrogen and oxygen atoms in total. The lowest BCUT2D eigenvalue weighted by Gasteiger charge is -2.31. The van der Waals surface area contributed by atoms with Crippen LogP contribution in [0.4, 0.5) is 0 Å². The standard InChI is InChI=1S/C22H25BrCl2N2OS/c23-18-6-4-16(5-7-18)14-27-11-8-17(9-12-27)22(28)26-10-13-29-15-19-20(24)2-1-3-21(19)25/h1-7,17H,8-15H2,(H,26,28). The zero-order valence-electron chi connectivity index (χ0n) is 16.2. The summed E-state index contributed by atoms with van der Waals surface area (Å²) in [6, 6.07) is 14.0. The number of benzene rings is 2. The van der Waals surface area contributed by atoms with Gasteiger partial charge in [-0.3, -0.25) is 9.69 Å². The number of likely N-dealkylation sites (tertiary alicyclic amines) is 1. The van der Waals surface area contributed by atoms with Crippen molar-refractivity contribution in [2.75, 3.05) is 25.4 Å². The summed E-state index contributed by atoms with van der Waals surface area (Å²) in [7, 11) is 0. The molecule has 0 radical (unpaired) electrons. The van der Waals surface area contributed by atoms with E-state index in [1.54, 1.807) is 11.8 Å². The van der Waals surface area contributed by atoms with Crippen LogP contribution in [0.5, 0.6) is 0 Å².